The number of hydrogen-bond donors (Lipinski definition) is 0. The summed E-state index contributed by atoms with van der Waals surface area (Å²) < 4.78 is 1.95. The van der Waals surface area contributed by atoms with Gasteiger partial charge in [-0.05, 0) is 19.3 Å². The van der Waals surface area contributed by atoms with Crippen LogP contribution < -0.4 is 4.90 Å². The van der Waals surface area contributed by atoms with Crippen LogP contribution >= 0.6 is 0 Å². The van der Waals surface area contributed by atoms with Gasteiger partial charge in [-0.1, -0.05) is 0 Å². The van der Waals surface area contributed by atoms with Crippen molar-refractivity contribution in [1.29, 1.82) is 0 Å². The Labute approximate surface area is 147 Å². The van der Waals surface area contributed by atoms with Crippen LogP contribution in [0, 0.1) is 0 Å². The van der Waals surface area contributed by atoms with Gasteiger partial charge in [-0.25, -0.2) is 4.79 Å². The second-order valence-electron chi connectivity index (χ2n) is 7.41. The van der Waals surface area contributed by atoms with Crippen LogP contribution in [0.2, 0.25) is 0 Å². The van der Waals surface area contributed by atoms with Crippen molar-refractivity contribution < 1.29 is 9.59 Å². The zero-order valence-corrected chi connectivity index (χ0v) is 15.0. The van der Waals surface area contributed by atoms with Gasteiger partial charge in [-0.2, -0.15) is 5.10 Å². The molecule has 3 amide bonds. The summed E-state index contributed by atoms with van der Waals surface area (Å²) in [6.07, 6.45) is 6.88. The Morgan fingerprint density at radius 2 is 1.84 bits per heavy atom. The molecule has 3 aliphatic rings. The molecule has 4 rings (SSSR count). The van der Waals surface area contributed by atoms with E-state index in [2.05, 4.69) is 10.00 Å². The predicted octanol–water partition coefficient (Wildman–Crippen LogP) is 0.623. The Balaban J connectivity index is 1.38. The lowest BCUT2D eigenvalue weighted by Crippen LogP contribution is -2.57. The maximum absolute atomic E-state index is 12.5. The number of aromatic nitrogens is 2. The maximum atomic E-state index is 12.5. The fourth-order valence-electron chi connectivity index (χ4n) is 3.98. The molecular formula is C17H26N6O2. The molecule has 8 nitrogen and oxygen atoms in total. The normalized spacial score (nSPS) is 26.3. The molecule has 1 aromatic rings. The summed E-state index contributed by atoms with van der Waals surface area (Å²) in [6.45, 7) is 4.02. The van der Waals surface area contributed by atoms with Crippen LogP contribution in [-0.2, 0) is 4.79 Å². The molecule has 4 heterocycles. The fourth-order valence-corrected chi connectivity index (χ4v) is 3.98. The van der Waals surface area contributed by atoms with Crippen LogP contribution in [0.4, 0.5) is 10.5 Å². The molecule has 1 unspecified atom stereocenters. The first-order valence-corrected chi connectivity index (χ1v) is 9.10. The second-order valence-corrected chi connectivity index (χ2v) is 7.41. The van der Waals surface area contributed by atoms with E-state index in [9.17, 15) is 9.59 Å². The minimum Gasteiger partial charge on any atom is -0.344 e. The van der Waals surface area contributed by atoms with Crippen molar-refractivity contribution >= 4 is 17.6 Å². The van der Waals surface area contributed by atoms with Crippen LogP contribution in [-0.4, -0.2) is 89.3 Å². The molecule has 0 radical (unpaired) electrons. The van der Waals surface area contributed by atoms with Gasteiger partial charge in [-0.3, -0.25) is 19.3 Å². The summed E-state index contributed by atoms with van der Waals surface area (Å²) in [7, 11) is 3.72. The number of nitrogens with zero attached hydrogens (tertiary/aromatic N) is 6. The SMILES string of the molecule is CN1CCCCC(N2CC(n3cc(N4CCN(C)C4=O)cn3)C2)C1=O. The van der Waals surface area contributed by atoms with E-state index in [4.69, 9.17) is 0 Å². The lowest BCUT2D eigenvalue weighted by Gasteiger charge is -2.43. The first-order chi connectivity index (χ1) is 12.0. The highest BCUT2D eigenvalue weighted by molar-refractivity contribution is 5.93. The molecule has 0 aliphatic carbocycles. The third-order valence-corrected chi connectivity index (χ3v) is 5.70. The smallest absolute Gasteiger partial charge is 0.324 e. The number of carbonyl (C=O) groups is 2. The van der Waals surface area contributed by atoms with Crippen LogP contribution in [0.15, 0.2) is 12.4 Å². The number of hydrogen-bond acceptors (Lipinski definition) is 4. The van der Waals surface area contributed by atoms with Crippen LogP contribution in [0.1, 0.15) is 25.3 Å². The third-order valence-electron chi connectivity index (χ3n) is 5.70. The molecule has 0 saturated carbocycles. The van der Waals surface area contributed by atoms with Gasteiger partial charge in [-0.15, -0.1) is 0 Å². The molecule has 3 saturated heterocycles. The molecular weight excluding hydrogens is 320 g/mol. The molecule has 0 N–H and O–H groups in total. The Bertz CT molecular complexity index is 668. The van der Waals surface area contributed by atoms with Gasteiger partial charge < -0.3 is 9.80 Å². The molecule has 1 atom stereocenters. The number of amides is 3. The van der Waals surface area contributed by atoms with Gasteiger partial charge in [0.15, 0.2) is 0 Å². The van der Waals surface area contributed by atoms with Crippen molar-refractivity contribution in [2.75, 3.05) is 51.7 Å². The van der Waals surface area contributed by atoms with E-state index < -0.39 is 0 Å². The van der Waals surface area contributed by atoms with E-state index in [0.717, 1.165) is 51.1 Å². The third kappa shape index (κ3) is 2.88. The monoisotopic (exact) mass is 346 g/mol. The molecule has 0 aromatic carbocycles. The van der Waals surface area contributed by atoms with E-state index in [1.54, 1.807) is 16.0 Å². The van der Waals surface area contributed by atoms with Crippen molar-refractivity contribution in [2.24, 2.45) is 0 Å². The summed E-state index contributed by atoms with van der Waals surface area (Å²) in [5.41, 5.74) is 0.859. The second kappa shape index (κ2) is 6.33. The topological polar surface area (TPSA) is 64.9 Å². The highest BCUT2D eigenvalue weighted by atomic mass is 16.2. The van der Waals surface area contributed by atoms with Crippen molar-refractivity contribution in [2.45, 2.75) is 31.3 Å². The zero-order valence-electron chi connectivity index (χ0n) is 15.0. The first-order valence-electron chi connectivity index (χ1n) is 9.10. The molecule has 3 aliphatic heterocycles. The van der Waals surface area contributed by atoms with Crippen molar-refractivity contribution in [3.05, 3.63) is 12.4 Å². The van der Waals surface area contributed by atoms with Gasteiger partial charge in [0.05, 0.1) is 24.0 Å². The molecule has 0 spiro atoms. The molecule has 8 heteroatoms. The number of anilines is 1. The largest absolute Gasteiger partial charge is 0.344 e. The number of carbonyl (C=O) groups excluding carboxylic acids is 2. The fraction of sp³-hybridized carbons (Fsp3) is 0.706. The quantitative estimate of drug-likeness (QED) is 0.805. The molecule has 136 valence electrons. The van der Waals surface area contributed by atoms with E-state index in [0.29, 0.717) is 6.54 Å². The number of rotatable bonds is 3. The standard InChI is InChI=1S/C17H26N6O2/c1-19-6-4-3-5-15(16(19)24)21-10-14(11-21)23-12-13(9-18-23)22-8-7-20(2)17(22)25/h9,12,14-15H,3-8,10-11H2,1-2H3. The maximum Gasteiger partial charge on any atom is 0.324 e. The van der Waals surface area contributed by atoms with E-state index in [1.165, 1.54) is 0 Å². The lowest BCUT2D eigenvalue weighted by atomic mass is 10.0. The molecule has 3 fully saturated rings. The molecule has 1 aromatic heterocycles. The highest BCUT2D eigenvalue weighted by Gasteiger charge is 2.39. The first kappa shape index (κ1) is 16.4. The summed E-state index contributed by atoms with van der Waals surface area (Å²) in [6, 6.07) is 0.333. The van der Waals surface area contributed by atoms with Gasteiger partial charge in [0.2, 0.25) is 5.91 Å². The van der Waals surface area contributed by atoms with Crippen molar-refractivity contribution in [3.63, 3.8) is 0 Å². The molecule has 0 bridgehead atoms. The summed E-state index contributed by atoms with van der Waals surface area (Å²) in [4.78, 5) is 32.2. The zero-order chi connectivity index (χ0) is 17.6. The van der Waals surface area contributed by atoms with Gasteiger partial charge in [0.25, 0.3) is 0 Å². The van der Waals surface area contributed by atoms with Gasteiger partial charge in [0.1, 0.15) is 0 Å². The van der Waals surface area contributed by atoms with E-state index in [-0.39, 0.29) is 24.0 Å². The minimum absolute atomic E-state index is 0.0209. The Hall–Kier alpha value is -2.09. The summed E-state index contributed by atoms with van der Waals surface area (Å²) in [5, 5.41) is 4.46. The van der Waals surface area contributed by atoms with E-state index >= 15 is 0 Å². The van der Waals surface area contributed by atoms with Crippen molar-refractivity contribution in [3.8, 4) is 0 Å². The Morgan fingerprint density at radius 3 is 2.56 bits per heavy atom. The Kier molecular flexibility index (Phi) is 4.15. The summed E-state index contributed by atoms with van der Waals surface area (Å²) in [5.74, 6) is 0.253. The highest BCUT2D eigenvalue weighted by Crippen LogP contribution is 2.29. The van der Waals surface area contributed by atoms with Gasteiger partial charge in [0, 0.05) is 53.0 Å². The number of likely N-dealkylation sites (N-methyl/N-ethyl adjacent to an activating group) is 2. The van der Waals surface area contributed by atoms with Crippen molar-refractivity contribution in [1.82, 2.24) is 24.5 Å². The average Bonchev–Trinajstić information content (AvgIpc) is 3.11. The summed E-state index contributed by atoms with van der Waals surface area (Å²) >= 11 is 0. The lowest BCUT2D eigenvalue weighted by molar-refractivity contribution is -0.137. The van der Waals surface area contributed by atoms with Crippen LogP contribution in [0.5, 0.6) is 0 Å². The predicted molar refractivity (Wildman–Crippen MR) is 93.5 cm³/mol. The van der Waals surface area contributed by atoms with E-state index in [1.807, 2.05) is 29.9 Å². The van der Waals surface area contributed by atoms with Crippen LogP contribution in [0.3, 0.4) is 0 Å². The molecule has 25 heavy (non-hydrogen) atoms. The van der Waals surface area contributed by atoms with Gasteiger partial charge >= 0.3 is 6.03 Å². The Morgan fingerprint density at radius 1 is 1.04 bits per heavy atom. The number of urea groups is 1. The number of likely N-dealkylation sites (tertiary alicyclic amines) is 2. The average molecular weight is 346 g/mol. The van der Waals surface area contributed by atoms with Crippen LogP contribution in [0.25, 0.3) is 0 Å². The minimum atomic E-state index is 0.0209.